The van der Waals surface area contributed by atoms with Crippen molar-refractivity contribution in [3.63, 3.8) is 0 Å². The van der Waals surface area contributed by atoms with Gasteiger partial charge in [0.1, 0.15) is 0 Å². The minimum atomic E-state index is -0.306. The summed E-state index contributed by atoms with van der Waals surface area (Å²) in [6, 6.07) is 15.7. The number of aliphatic hydroxyl groups excluding tert-OH is 1. The molecule has 2 fully saturated rings. The summed E-state index contributed by atoms with van der Waals surface area (Å²) in [6.07, 6.45) is 5.53. The van der Waals surface area contributed by atoms with Crippen LogP contribution in [0.25, 0.3) is 11.1 Å². The van der Waals surface area contributed by atoms with E-state index in [2.05, 4.69) is 47.8 Å². The minimum absolute atomic E-state index is 0.253. The molecule has 124 valence electrons. The van der Waals surface area contributed by atoms with Crippen LogP contribution in [0, 0.1) is 0 Å². The van der Waals surface area contributed by atoms with Crippen molar-refractivity contribution in [2.75, 3.05) is 13.1 Å². The zero-order valence-corrected chi connectivity index (χ0v) is 14.1. The lowest BCUT2D eigenvalue weighted by Crippen LogP contribution is -2.34. The monoisotopic (exact) mass is 319 g/mol. The number of hydrogen-bond acceptors (Lipinski definition) is 2. The molecule has 1 heterocycles. The van der Waals surface area contributed by atoms with E-state index in [1.165, 1.54) is 47.1 Å². The average molecular weight is 319 g/mol. The van der Waals surface area contributed by atoms with Crippen molar-refractivity contribution in [1.29, 1.82) is 0 Å². The Bertz CT molecular complexity index is 771. The molecule has 2 aliphatic carbocycles. The van der Waals surface area contributed by atoms with E-state index in [0.29, 0.717) is 0 Å². The van der Waals surface area contributed by atoms with Gasteiger partial charge in [-0.3, -0.25) is 0 Å². The second kappa shape index (κ2) is 5.44. The van der Waals surface area contributed by atoms with Gasteiger partial charge in [-0.25, -0.2) is 0 Å². The Balaban J connectivity index is 1.62. The van der Waals surface area contributed by atoms with E-state index in [9.17, 15) is 5.11 Å². The summed E-state index contributed by atoms with van der Waals surface area (Å²) in [6.45, 7) is 2.16. The van der Waals surface area contributed by atoms with Crippen LogP contribution in [0.2, 0.25) is 0 Å². The van der Waals surface area contributed by atoms with Gasteiger partial charge in [0.25, 0.3) is 0 Å². The maximum absolute atomic E-state index is 10.6. The third-order valence-corrected chi connectivity index (χ3v) is 6.41. The fourth-order valence-electron chi connectivity index (χ4n) is 4.89. The Morgan fingerprint density at radius 1 is 0.958 bits per heavy atom. The lowest BCUT2D eigenvalue weighted by Gasteiger charge is -2.37. The highest BCUT2D eigenvalue weighted by atomic mass is 16.3. The third kappa shape index (κ3) is 2.24. The van der Waals surface area contributed by atoms with E-state index in [4.69, 9.17) is 0 Å². The van der Waals surface area contributed by atoms with Crippen molar-refractivity contribution < 1.29 is 5.11 Å². The van der Waals surface area contributed by atoms with Gasteiger partial charge in [0.05, 0.1) is 6.10 Å². The van der Waals surface area contributed by atoms with E-state index in [0.717, 1.165) is 31.8 Å². The molecule has 2 heteroatoms. The molecule has 1 spiro atoms. The number of hydrogen-bond donors (Lipinski definition) is 2. The van der Waals surface area contributed by atoms with Crippen LogP contribution >= 0.6 is 0 Å². The molecular weight excluding hydrogens is 294 g/mol. The van der Waals surface area contributed by atoms with Crippen LogP contribution in [-0.2, 0) is 5.41 Å². The molecule has 0 amide bonds. The summed E-state index contributed by atoms with van der Waals surface area (Å²) in [5.41, 5.74) is 6.94. The highest BCUT2D eigenvalue weighted by Crippen LogP contribution is 2.48. The maximum Gasteiger partial charge on any atom is 0.0793 e. The lowest BCUT2D eigenvalue weighted by atomic mass is 9.68. The molecule has 2 nitrogen and oxygen atoms in total. The van der Waals surface area contributed by atoms with Crippen LogP contribution < -0.4 is 5.32 Å². The van der Waals surface area contributed by atoms with Crippen molar-refractivity contribution in [3.05, 3.63) is 59.2 Å². The molecule has 1 saturated carbocycles. The molecule has 2 aromatic rings. The van der Waals surface area contributed by atoms with Gasteiger partial charge in [-0.2, -0.15) is 0 Å². The minimum Gasteiger partial charge on any atom is -0.388 e. The molecule has 2 N–H and O–H groups in total. The van der Waals surface area contributed by atoms with Crippen molar-refractivity contribution in [1.82, 2.24) is 5.32 Å². The fraction of sp³-hybridized carbons (Fsp3) is 0.455. The van der Waals surface area contributed by atoms with Crippen LogP contribution in [0.5, 0.6) is 0 Å². The van der Waals surface area contributed by atoms with Gasteiger partial charge in [-0.05, 0) is 78.5 Å². The van der Waals surface area contributed by atoms with Crippen LogP contribution in [-0.4, -0.2) is 18.2 Å². The highest BCUT2D eigenvalue weighted by Gasteiger charge is 2.41. The van der Waals surface area contributed by atoms with Crippen molar-refractivity contribution in [3.8, 4) is 11.1 Å². The first kappa shape index (κ1) is 14.7. The largest absolute Gasteiger partial charge is 0.388 e. The number of nitrogens with one attached hydrogen (secondary N) is 1. The normalized spacial score (nSPS) is 29.0. The summed E-state index contributed by atoms with van der Waals surface area (Å²) in [4.78, 5) is 0. The molecule has 3 aliphatic rings. The first-order valence-corrected chi connectivity index (χ1v) is 9.39. The molecule has 2 atom stereocenters. The Hall–Kier alpha value is -1.64. The van der Waals surface area contributed by atoms with E-state index >= 15 is 0 Å². The molecule has 0 aromatic heterocycles. The topological polar surface area (TPSA) is 32.3 Å². The Morgan fingerprint density at radius 3 is 2.62 bits per heavy atom. The summed E-state index contributed by atoms with van der Waals surface area (Å²) >= 11 is 0. The van der Waals surface area contributed by atoms with Gasteiger partial charge in [0.15, 0.2) is 0 Å². The maximum atomic E-state index is 10.6. The van der Waals surface area contributed by atoms with Gasteiger partial charge in [0.2, 0.25) is 0 Å². The molecular formula is C22H25NO. The van der Waals surface area contributed by atoms with Crippen LogP contribution in [0.15, 0.2) is 42.5 Å². The van der Waals surface area contributed by atoms with E-state index in [1.807, 2.05) is 0 Å². The van der Waals surface area contributed by atoms with E-state index in [-0.39, 0.29) is 11.5 Å². The molecule has 5 rings (SSSR count). The Morgan fingerprint density at radius 2 is 1.83 bits per heavy atom. The zero-order valence-electron chi connectivity index (χ0n) is 14.1. The Labute approximate surface area is 143 Å². The van der Waals surface area contributed by atoms with Gasteiger partial charge in [-0.1, -0.05) is 36.4 Å². The quantitative estimate of drug-likeness (QED) is 0.865. The fourth-order valence-corrected chi connectivity index (χ4v) is 4.89. The second-order valence-electron chi connectivity index (χ2n) is 7.93. The average Bonchev–Trinajstić information content (AvgIpc) is 3.37. The SMILES string of the molecule is OC1CCC2(CCNC2)c2ccc(-c3ccccc3C3CC3)cc21. The molecule has 0 radical (unpaired) electrons. The molecule has 0 bridgehead atoms. The summed E-state index contributed by atoms with van der Waals surface area (Å²) in [5.74, 6) is 0.743. The van der Waals surface area contributed by atoms with Crippen molar-refractivity contribution in [2.24, 2.45) is 0 Å². The lowest BCUT2D eigenvalue weighted by molar-refractivity contribution is 0.136. The van der Waals surface area contributed by atoms with Crippen LogP contribution in [0.1, 0.15) is 60.8 Å². The first-order valence-electron chi connectivity index (χ1n) is 9.39. The molecule has 24 heavy (non-hydrogen) atoms. The predicted molar refractivity (Wildman–Crippen MR) is 97.2 cm³/mol. The Kier molecular flexibility index (Phi) is 3.33. The predicted octanol–water partition coefficient (Wildman–Crippen LogP) is 4.29. The standard InChI is InChI=1S/C22H25NO/c24-21-9-10-22(11-12-23-14-22)20-8-7-16(13-19(20)21)18-4-2-1-3-17(18)15-5-6-15/h1-4,7-8,13,15,21,23-24H,5-6,9-12,14H2. The first-order chi connectivity index (χ1) is 11.8. The second-order valence-corrected chi connectivity index (χ2v) is 7.93. The van der Waals surface area contributed by atoms with Crippen LogP contribution in [0.4, 0.5) is 0 Å². The molecule has 2 aromatic carbocycles. The zero-order chi connectivity index (χ0) is 16.1. The third-order valence-electron chi connectivity index (χ3n) is 6.41. The molecule has 1 aliphatic heterocycles. The van der Waals surface area contributed by atoms with Crippen LogP contribution in [0.3, 0.4) is 0 Å². The highest BCUT2D eigenvalue weighted by molar-refractivity contribution is 5.70. The van der Waals surface area contributed by atoms with Crippen molar-refractivity contribution in [2.45, 2.75) is 49.5 Å². The number of rotatable bonds is 2. The van der Waals surface area contributed by atoms with E-state index < -0.39 is 0 Å². The molecule has 2 unspecified atom stereocenters. The van der Waals surface area contributed by atoms with Crippen molar-refractivity contribution >= 4 is 0 Å². The summed E-state index contributed by atoms with van der Waals surface area (Å²) in [5, 5.41) is 14.2. The van der Waals surface area contributed by atoms with Gasteiger partial charge < -0.3 is 10.4 Å². The number of benzene rings is 2. The number of fused-ring (bicyclic) bond motifs is 2. The van der Waals surface area contributed by atoms with E-state index in [1.54, 1.807) is 0 Å². The smallest absolute Gasteiger partial charge is 0.0793 e. The van der Waals surface area contributed by atoms with Gasteiger partial charge in [-0.15, -0.1) is 0 Å². The molecule has 1 saturated heterocycles. The van der Waals surface area contributed by atoms with Gasteiger partial charge >= 0.3 is 0 Å². The summed E-state index contributed by atoms with van der Waals surface area (Å²) in [7, 11) is 0. The number of aliphatic hydroxyl groups is 1. The van der Waals surface area contributed by atoms with Gasteiger partial charge in [0, 0.05) is 12.0 Å². The summed E-state index contributed by atoms with van der Waals surface area (Å²) < 4.78 is 0.